The van der Waals surface area contributed by atoms with Crippen LogP contribution in [-0.2, 0) is 25.5 Å². The lowest BCUT2D eigenvalue weighted by molar-refractivity contribution is -0.277. The number of fused-ring (bicyclic) bond motifs is 1. The van der Waals surface area contributed by atoms with E-state index in [1.165, 1.54) is 0 Å². The molecule has 6 atom stereocenters. The van der Waals surface area contributed by atoms with Crippen LogP contribution in [-0.4, -0.2) is 88.9 Å². The maximum Gasteiger partial charge on any atom is 0.306 e. The van der Waals surface area contributed by atoms with Crippen molar-refractivity contribution in [2.24, 2.45) is 5.41 Å². The molecule has 242 valence electrons. The number of aryl methyl sites for hydroxylation is 1. The number of aliphatic hydroxyl groups excluding tert-OH is 4. The molecule has 4 fully saturated rings. The third kappa shape index (κ3) is 5.55. The molecular weight excluding hydrogens is 574 g/mol. The van der Waals surface area contributed by atoms with Crippen molar-refractivity contribution in [2.75, 3.05) is 19.8 Å². The molecule has 1 spiro atoms. The number of nitrogens with one attached hydrogen (secondary N) is 1. The van der Waals surface area contributed by atoms with Crippen LogP contribution in [0.3, 0.4) is 0 Å². The van der Waals surface area contributed by atoms with Gasteiger partial charge in [-0.15, -0.1) is 0 Å². The van der Waals surface area contributed by atoms with Crippen LogP contribution in [0.1, 0.15) is 81.8 Å². The highest BCUT2D eigenvalue weighted by atomic mass is 16.7. The quantitative estimate of drug-likeness (QED) is 0.247. The average Bonchev–Trinajstić information content (AvgIpc) is 3.83. The fraction of sp³-hybridized carbons (Fsp3) is 0.688. The number of carbonyl (C=O) groups is 2. The zero-order chi connectivity index (χ0) is 31.0. The Kier molecular flexibility index (Phi) is 9.07. The Morgan fingerprint density at radius 2 is 1.80 bits per heavy atom. The lowest BCUT2D eigenvalue weighted by Crippen LogP contribution is -2.60. The number of aliphatic hydroxyl groups is 4. The highest BCUT2D eigenvalue weighted by Gasteiger charge is 2.53. The summed E-state index contributed by atoms with van der Waals surface area (Å²) in [6, 6.07) is 1.87. The molecule has 6 rings (SSSR count). The minimum atomic E-state index is -1.65. The summed E-state index contributed by atoms with van der Waals surface area (Å²) in [7, 11) is 0. The topological polar surface area (TPSA) is 177 Å². The van der Waals surface area contributed by atoms with Gasteiger partial charge >= 0.3 is 5.97 Å². The molecule has 2 aromatic rings. The van der Waals surface area contributed by atoms with E-state index in [-0.39, 0.29) is 48.9 Å². The standard InChI is InChI=1S/C32H43NO11/c1-2-40-23(35)10-9-17-13-19-20(21-14-33-31(39)32(21)11-5-6-12-32)16-41-28(19)29(42-18-7-3-4-8-18)27(17)44-30-26(38)25(37)24(36)22(15-34)43-30/h13,16,18,21-22,24-26,30,34,36-38H,2-12,14-15H2,1H3,(H,33,39). The van der Waals surface area contributed by atoms with E-state index in [1.807, 2.05) is 6.07 Å². The Morgan fingerprint density at radius 3 is 2.50 bits per heavy atom. The molecule has 5 N–H and O–H groups in total. The van der Waals surface area contributed by atoms with Gasteiger partial charge in [0.2, 0.25) is 17.9 Å². The molecule has 12 nitrogen and oxygen atoms in total. The predicted octanol–water partition coefficient (Wildman–Crippen LogP) is 2.20. The minimum absolute atomic E-state index is 0.0356. The molecule has 1 aromatic heterocycles. The van der Waals surface area contributed by atoms with Gasteiger partial charge in [0, 0.05) is 29.8 Å². The van der Waals surface area contributed by atoms with Crippen molar-refractivity contribution in [3.8, 4) is 11.5 Å². The molecule has 0 radical (unpaired) electrons. The summed E-state index contributed by atoms with van der Waals surface area (Å²) in [5.41, 5.74) is 1.36. The molecule has 1 aromatic carbocycles. The molecule has 4 aliphatic rings. The van der Waals surface area contributed by atoms with Crippen molar-refractivity contribution in [2.45, 2.75) is 114 Å². The van der Waals surface area contributed by atoms with E-state index in [4.69, 9.17) is 23.4 Å². The molecule has 3 heterocycles. The average molecular weight is 618 g/mol. The van der Waals surface area contributed by atoms with Crippen molar-refractivity contribution in [1.29, 1.82) is 0 Å². The maximum absolute atomic E-state index is 13.1. The van der Waals surface area contributed by atoms with Gasteiger partial charge in [-0.05, 0) is 63.5 Å². The van der Waals surface area contributed by atoms with Crippen molar-refractivity contribution in [3.63, 3.8) is 0 Å². The number of ether oxygens (including phenoxy) is 4. The fourth-order valence-electron chi connectivity index (χ4n) is 7.52. The summed E-state index contributed by atoms with van der Waals surface area (Å²) in [6.45, 7) is 1.85. The monoisotopic (exact) mass is 617 g/mol. The van der Waals surface area contributed by atoms with Gasteiger partial charge in [0.05, 0.1) is 31.0 Å². The van der Waals surface area contributed by atoms with Gasteiger partial charge in [0.25, 0.3) is 0 Å². The summed E-state index contributed by atoms with van der Waals surface area (Å²) in [5.74, 6) is 0.0343. The fourth-order valence-corrected chi connectivity index (χ4v) is 7.52. The van der Waals surface area contributed by atoms with Crippen LogP contribution in [0.15, 0.2) is 16.7 Å². The second-order valence-corrected chi connectivity index (χ2v) is 12.5. The van der Waals surface area contributed by atoms with Crippen molar-refractivity contribution >= 4 is 22.8 Å². The first-order valence-electron chi connectivity index (χ1n) is 15.9. The number of hydrogen-bond acceptors (Lipinski definition) is 11. The molecular formula is C32H43NO11. The number of hydrogen-bond donors (Lipinski definition) is 5. The number of rotatable bonds is 10. The molecule has 1 amide bonds. The lowest BCUT2D eigenvalue weighted by atomic mass is 9.72. The molecule has 2 aliphatic heterocycles. The van der Waals surface area contributed by atoms with Crippen LogP contribution >= 0.6 is 0 Å². The van der Waals surface area contributed by atoms with Gasteiger partial charge in [-0.25, -0.2) is 0 Å². The Balaban J connectivity index is 1.46. The molecule has 6 unspecified atom stereocenters. The number of esters is 1. The summed E-state index contributed by atoms with van der Waals surface area (Å²) in [5, 5.41) is 45.2. The SMILES string of the molecule is CCOC(=O)CCc1cc2c(C3CNC(=O)C34CCCC4)coc2c(OC2CCCC2)c1OC1OC(CO)C(O)C(O)C1O. The van der Waals surface area contributed by atoms with Crippen LogP contribution in [0.4, 0.5) is 0 Å². The van der Waals surface area contributed by atoms with E-state index in [2.05, 4.69) is 5.32 Å². The molecule has 12 heteroatoms. The Morgan fingerprint density at radius 1 is 1.05 bits per heavy atom. The zero-order valence-electron chi connectivity index (χ0n) is 25.0. The van der Waals surface area contributed by atoms with Gasteiger partial charge in [-0.3, -0.25) is 9.59 Å². The van der Waals surface area contributed by atoms with Gasteiger partial charge in [0.15, 0.2) is 11.3 Å². The lowest BCUT2D eigenvalue weighted by Gasteiger charge is -2.40. The van der Waals surface area contributed by atoms with Crippen LogP contribution in [0.2, 0.25) is 0 Å². The van der Waals surface area contributed by atoms with E-state index >= 15 is 0 Å². The second-order valence-electron chi connectivity index (χ2n) is 12.5. The number of furan rings is 1. The first-order valence-corrected chi connectivity index (χ1v) is 15.9. The highest BCUT2D eigenvalue weighted by Crippen LogP contribution is 2.54. The number of carbonyl (C=O) groups excluding carboxylic acids is 2. The molecule has 2 saturated heterocycles. The first-order chi connectivity index (χ1) is 21.3. The second kappa shape index (κ2) is 12.8. The molecule has 2 saturated carbocycles. The Bertz CT molecular complexity index is 1340. The minimum Gasteiger partial charge on any atom is -0.483 e. The van der Waals surface area contributed by atoms with Crippen LogP contribution in [0, 0.1) is 5.41 Å². The summed E-state index contributed by atoms with van der Waals surface area (Å²) < 4.78 is 30.0. The largest absolute Gasteiger partial charge is 0.483 e. The Hall–Kier alpha value is -2.90. The van der Waals surface area contributed by atoms with Crippen LogP contribution < -0.4 is 14.8 Å². The van der Waals surface area contributed by atoms with E-state index in [9.17, 15) is 30.0 Å². The van der Waals surface area contributed by atoms with Gasteiger partial charge in [-0.2, -0.15) is 0 Å². The van der Waals surface area contributed by atoms with E-state index in [1.54, 1.807) is 13.2 Å². The summed E-state index contributed by atoms with van der Waals surface area (Å²) >= 11 is 0. The molecule has 44 heavy (non-hydrogen) atoms. The van der Waals surface area contributed by atoms with Crippen molar-refractivity contribution in [3.05, 3.63) is 23.5 Å². The van der Waals surface area contributed by atoms with Gasteiger partial charge < -0.3 is 49.1 Å². The third-order valence-corrected chi connectivity index (χ3v) is 9.91. The van der Waals surface area contributed by atoms with E-state index in [0.717, 1.165) is 62.3 Å². The zero-order valence-corrected chi connectivity index (χ0v) is 25.0. The number of amides is 1. The van der Waals surface area contributed by atoms with Crippen molar-refractivity contribution < 1.29 is 53.4 Å². The van der Waals surface area contributed by atoms with Crippen LogP contribution in [0.5, 0.6) is 11.5 Å². The normalized spacial score (nSPS) is 30.2. The number of benzene rings is 1. The predicted molar refractivity (Wildman–Crippen MR) is 155 cm³/mol. The Labute approximate surface area is 255 Å². The van der Waals surface area contributed by atoms with Gasteiger partial charge in [0.1, 0.15) is 24.4 Å². The maximum atomic E-state index is 13.1. The highest BCUT2D eigenvalue weighted by molar-refractivity contribution is 5.93. The summed E-state index contributed by atoms with van der Waals surface area (Å²) in [6.07, 6.45) is 1.54. The van der Waals surface area contributed by atoms with E-state index < -0.39 is 48.7 Å². The van der Waals surface area contributed by atoms with Crippen molar-refractivity contribution in [1.82, 2.24) is 5.32 Å². The smallest absolute Gasteiger partial charge is 0.306 e. The molecule has 0 bridgehead atoms. The van der Waals surface area contributed by atoms with E-state index in [0.29, 0.717) is 17.7 Å². The molecule has 2 aliphatic carbocycles. The third-order valence-electron chi connectivity index (χ3n) is 9.91. The van der Waals surface area contributed by atoms with Crippen LogP contribution in [0.25, 0.3) is 11.0 Å². The first kappa shape index (κ1) is 31.1. The summed E-state index contributed by atoms with van der Waals surface area (Å²) in [4.78, 5) is 25.6. The van der Waals surface area contributed by atoms with Gasteiger partial charge in [-0.1, -0.05) is 12.8 Å².